The average Bonchev–Trinajstić information content (AvgIpc) is 3.15. The predicted octanol–water partition coefficient (Wildman–Crippen LogP) is 4.15. The minimum absolute atomic E-state index is 0.464. The first-order valence-electron chi connectivity index (χ1n) is 6.82. The van der Waals surface area contributed by atoms with Gasteiger partial charge in [0.15, 0.2) is 0 Å². The van der Waals surface area contributed by atoms with Crippen LogP contribution in [-0.2, 0) is 13.1 Å². The molecule has 0 saturated carbocycles. The second kappa shape index (κ2) is 6.97. The SMILES string of the molecule is C=CCn1nnnc1NCc1ccc(-c2ccc(Br)cc2Cl)o1. The molecule has 0 saturated heterocycles. The summed E-state index contributed by atoms with van der Waals surface area (Å²) in [5.74, 6) is 2.03. The zero-order valence-electron chi connectivity index (χ0n) is 12.0. The summed E-state index contributed by atoms with van der Waals surface area (Å²) in [6.45, 7) is 4.67. The Kier molecular flexibility index (Phi) is 4.78. The van der Waals surface area contributed by atoms with Crippen LogP contribution in [0, 0.1) is 0 Å². The molecule has 1 aromatic carbocycles. The van der Waals surface area contributed by atoms with Gasteiger partial charge in [-0.25, -0.2) is 4.68 Å². The van der Waals surface area contributed by atoms with Crippen LogP contribution in [0.4, 0.5) is 5.95 Å². The van der Waals surface area contributed by atoms with Gasteiger partial charge < -0.3 is 9.73 Å². The molecule has 0 bridgehead atoms. The molecule has 0 spiro atoms. The largest absolute Gasteiger partial charge is 0.459 e. The van der Waals surface area contributed by atoms with Crippen LogP contribution in [0.1, 0.15) is 5.76 Å². The summed E-state index contributed by atoms with van der Waals surface area (Å²) in [5.41, 5.74) is 0.845. The second-order valence-electron chi connectivity index (χ2n) is 4.72. The van der Waals surface area contributed by atoms with Crippen LogP contribution in [0.15, 0.2) is 51.9 Å². The van der Waals surface area contributed by atoms with Gasteiger partial charge in [-0.2, -0.15) is 0 Å². The number of benzene rings is 1. The molecule has 0 amide bonds. The van der Waals surface area contributed by atoms with Crippen molar-refractivity contribution in [3.63, 3.8) is 0 Å². The fourth-order valence-electron chi connectivity index (χ4n) is 2.05. The number of allylic oxidation sites excluding steroid dienone is 1. The smallest absolute Gasteiger partial charge is 0.243 e. The Labute approximate surface area is 146 Å². The van der Waals surface area contributed by atoms with Crippen molar-refractivity contribution in [1.29, 1.82) is 0 Å². The van der Waals surface area contributed by atoms with E-state index in [0.717, 1.165) is 15.8 Å². The number of anilines is 1. The molecule has 23 heavy (non-hydrogen) atoms. The topological polar surface area (TPSA) is 68.8 Å². The van der Waals surface area contributed by atoms with Gasteiger partial charge in [-0.3, -0.25) is 0 Å². The molecule has 3 aromatic rings. The van der Waals surface area contributed by atoms with Gasteiger partial charge in [0.05, 0.1) is 18.1 Å². The summed E-state index contributed by atoms with van der Waals surface area (Å²) in [4.78, 5) is 0. The Hall–Kier alpha value is -2.12. The van der Waals surface area contributed by atoms with E-state index in [4.69, 9.17) is 16.0 Å². The quantitative estimate of drug-likeness (QED) is 0.636. The van der Waals surface area contributed by atoms with Crippen LogP contribution in [0.5, 0.6) is 0 Å². The lowest BCUT2D eigenvalue weighted by molar-refractivity contribution is 0.529. The fraction of sp³-hybridized carbons (Fsp3) is 0.133. The van der Waals surface area contributed by atoms with Gasteiger partial charge >= 0.3 is 0 Å². The molecule has 2 heterocycles. The summed E-state index contributed by atoms with van der Waals surface area (Å²) in [7, 11) is 0. The van der Waals surface area contributed by atoms with Crippen molar-refractivity contribution in [3.8, 4) is 11.3 Å². The molecule has 0 aliphatic rings. The highest BCUT2D eigenvalue weighted by Crippen LogP contribution is 2.31. The number of nitrogens with one attached hydrogen (secondary N) is 1. The normalized spacial score (nSPS) is 10.7. The van der Waals surface area contributed by atoms with E-state index in [0.29, 0.717) is 29.8 Å². The van der Waals surface area contributed by atoms with Crippen LogP contribution < -0.4 is 5.32 Å². The van der Waals surface area contributed by atoms with Gasteiger partial charge in [0, 0.05) is 10.0 Å². The number of aromatic nitrogens is 4. The van der Waals surface area contributed by atoms with Crippen molar-refractivity contribution >= 4 is 33.5 Å². The first-order chi connectivity index (χ1) is 11.2. The van der Waals surface area contributed by atoms with E-state index in [1.165, 1.54) is 0 Å². The number of rotatable bonds is 6. The third-order valence-electron chi connectivity index (χ3n) is 3.11. The van der Waals surface area contributed by atoms with Gasteiger partial charge in [0.2, 0.25) is 5.95 Å². The van der Waals surface area contributed by atoms with Crippen molar-refractivity contribution in [2.24, 2.45) is 0 Å². The fourth-order valence-corrected chi connectivity index (χ4v) is 2.82. The molecule has 118 valence electrons. The van der Waals surface area contributed by atoms with Crippen LogP contribution >= 0.6 is 27.5 Å². The van der Waals surface area contributed by atoms with E-state index in [9.17, 15) is 0 Å². The van der Waals surface area contributed by atoms with E-state index in [-0.39, 0.29) is 0 Å². The minimum Gasteiger partial charge on any atom is -0.459 e. The first-order valence-corrected chi connectivity index (χ1v) is 7.99. The van der Waals surface area contributed by atoms with Crippen LogP contribution in [-0.4, -0.2) is 20.2 Å². The predicted molar refractivity (Wildman–Crippen MR) is 92.2 cm³/mol. The van der Waals surface area contributed by atoms with E-state index in [1.54, 1.807) is 10.8 Å². The van der Waals surface area contributed by atoms with Gasteiger partial charge in [0.25, 0.3) is 0 Å². The van der Waals surface area contributed by atoms with Gasteiger partial charge in [-0.05, 0) is 40.8 Å². The highest BCUT2D eigenvalue weighted by molar-refractivity contribution is 9.10. The summed E-state index contributed by atoms with van der Waals surface area (Å²) in [5, 5.41) is 15.2. The van der Waals surface area contributed by atoms with E-state index in [2.05, 4.69) is 43.4 Å². The zero-order valence-corrected chi connectivity index (χ0v) is 14.4. The van der Waals surface area contributed by atoms with Crippen molar-refractivity contribution < 1.29 is 4.42 Å². The van der Waals surface area contributed by atoms with E-state index < -0.39 is 0 Å². The van der Waals surface area contributed by atoms with Crippen LogP contribution in [0.3, 0.4) is 0 Å². The molecule has 0 unspecified atom stereocenters. The van der Waals surface area contributed by atoms with Crippen LogP contribution in [0.25, 0.3) is 11.3 Å². The summed E-state index contributed by atoms with van der Waals surface area (Å²) in [6, 6.07) is 9.44. The third-order valence-corrected chi connectivity index (χ3v) is 3.92. The number of furan rings is 1. The molecule has 3 rings (SSSR count). The number of hydrogen-bond acceptors (Lipinski definition) is 5. The molecule has 6 nitrogen and oxygen atoms in total. The molecule has 0 aliphatic carbocycles. The highest BCUT2D eigenvalue weighted by atomic mass is 79.9. The number of hydrogen-bond donors (Lipinski definition) is 1. The Morgan fingerprint density at radius 2 is 2.22 bits per heavy atom. The van der Waals surface area contributed by atoms with E-state index in [1.807, 2.05) is 30.3 Å². The van der Waals surface area contributed by atoms with Crippen molar-refractivity contribution in [2.45, 2.75) is 13.1 Å². The Bertz CT molecular complexity index is 829. The average molecular weight is 395 g/mol. The maximum Gasteiger partial charge on any atom is 0.243 e. The summed E-state index contributed by atoms with van der Waals surface area (Å²) < 4.78 is 8.37. The summed E-state index contributed by atoms with van der Waals surface area (Å²) in [6.07, 6.45) is 1.72. The Morgan fingerprint density at radius 3 is 3.00 bits per heavy atom. The molecule has 0 aliphatic heterocycles. The molecule has 1 N–H and O–H groups in total. The maximum atomic E-state index is 6.24. The molecular weight excluding hydrogens is 382 g/mol. The second-order valence-corrected chi connectivity index (χ2v) is 6.04. The number of nitrogens with zero attached hydrogens (tertiary/aromatic N) is 4. The number of tetrazole rings is 1. The highest BCUT2D eigenvalue weighted by Gasteiger charge is 2.10. The standard InChI is InChI=1S/C15H13BrClN5O/c1-2-7-22-15(19-20-21-22)18-9-11-4-6-14(23-11)12-5-3-10(16)8-13(12)17/h2-6,8H,1,7,9H2,(H,18,19,21). The molecule has 8 heteroatoms. The molecule has 2 aromatic heterocycles. The third kappa shape index (κ3) is 3.62. The lowest BCUT2D eigenvalue weighted by Crippen LogP contribution is -2.07. The Balaban J connectivity index is 1.72. The van der Waals surface area contributed by atoms with Gasteiger partial charge in [-0.15, -0.1) is 6.58 Å². The van der Waals surface area contributed by atoms with Crippen molar-refractivity contribution in [3.05, 3.63) is 58.2 Å². The minimum atomic E-state index is 0.464. The monoisotopic (exact) mass is 393 g/mol. The molecule has 0 atom stereocenters. The zero-order chi connectivity index (χ0) is 16.2. The lowest BCUT2D eigenvalue weighted by Gasteiger charge is -2.04. The van der Waals surface area contributed by atoms with Gasteiger partial charge in [-0.1, -0.05) is 38.7 Å². The Morgan fingerprint density at radius 1 is 1.35 bits per heavy atom. The first kappa shape index (κ1) is 15.8. The molecule has 0 radical (unpaired) electrons. The van der Waals surface area contributed by atoms with Gasteiger partial charge in [0.1, 0.15) is 11.5 Å². The lowest BCUT2D eigenvalue weighted by atomic mass is 10.2. The van der Waals surface area contributed by atoms with Crippen molar-refractivity contribution in [1.82, 2.24) is 20.2 Å². The molecular formula is C15H13BrClN5O. The maximum absolute atomic E-state index is 6.24. The van der Waals surface area contributed by atoms with Crippen molar-refractivity contribution in [2.75, 3.05) is 5.32 Å². The van der Waals surface area contributed by atoms with Crippen LogP contribution in [0.2, 0.25) is 5.02 Å². The summed E-state index contributed by atoms with van der Waals surface area (Å²) >= 11 is 9.63. The van der Waals surface area contributed by atoms with E-state index >= 15 is 0 Å². The number of halogens is 2. The molecule has 0 fully saturated rings.